The molecule has 0 amide bonds. The molecule has 10 nitrogen and oxygen atoms in total. The number of carboxylic acids is 1. The molecule has 0 saturated carbocycles. The Morgan fingerprint density at radius 2 is 1.39 bits per heavy atom. The van der Waals surface area contributed by atoms with E-state index in [9.17, 15) is 41.8 Å². The van der Waals surface area contributed by atoms with Gasteiger partial charge in [0.1, 0.15) is 11.5 Å². The number of carboxylic acid groups (broad SMARTS) is 1. The summed E-state index contributed by atoms with van der Waals surface area (Å²) >= 11 is 0. The third kappa shape index (κ3) is 14.8. The van der Waals surface area contributed by atoms with Gasteiger partial charge in [0.25, 0.3) is 0 Å². The lowest BCUT2D eigenvalue weighted by Crippen LogP contribution is -2.33. The van der Waals surface area contributed by atoms with Crippen LogP contribution >= 0.6 is 0 Å². The van der Waals surface area contributed by atoms with Crippen LogP contribution in [0.2, 0.25) is 0 Å². The molecule has 1 N–H and O–H groups in total. The number of carbonyl (C=O) groups is 4. The van der Waals surface area contributed by atoms with E-state index in [1.807, 2.05) is 6.92 Å². The molecule has 54 heavy (non-hydrogen) atoms. The number of ether oxygens (including phenoxy) is 5. The zero-order valence-electron chi connectivity index (χ0n) is 30.4. The summed E-state index contributed by atoms with van der Waals surface area (Å²) in [6.45, 7) is 4.89. The summed E-state index contributed by atoms with van der Waals surface area (Å²) in [5.74, 6) is -4.86. The first kappa shape index (κ1) is 43.4. The van der Waals surface area contributed by atoms with Crippen molar-refractivity contribution in [3.05, 3.63) is 77.6 Å². The molecule has 0 fully saturated rings. The van der Waals surface area contributed by atoms with Crippen LogP contribution in [0.15, 0.2) is 60.7 Å². The quantitative estimate of drug-likeness (QED) is 0.0346. The summed E-state index contributed by atoms with van der Waals surface area (Å²) in [5.41, 5.74) is -0.182. The van der Waals surface area contributed by atoms with Crippen molar-refractivity contribution < 1.29 is 65.5 Å². The number of hydrogen-bond donors (Lipinski definition) is 1. The Bertz CT molecular complexity index is 1670. The maximum Gasteiger partial charge on any atom is 0.519 e. The number of benzene rings is 3. The molecule has 0 spiro atoms. The van der Waals surface area contributed by atoms with Gasteiger partial charge in [-0.1, -0.05) is 64.0 Å². The normalized spacial score (nSPS) is 11.8. The van der Waals surface area contributed by atoms with Gasteiger partial charge in [0.05, 0.1) is 11.1 Å². The molecule has 1 atom stereocenters. The van der Waals surface area contributed by atoms with Crippen molar-refractivity contribution in [3.8, 4) is 28.4 Å². The molecule has 0 aliphatic rings. The summed E-state index contributed by atoms with van der Waals surface area (Å²) < 4.78 is 80.8. The van der Waals surface area contributed by atoms with Gasteiger partial charge in [0, 0.05) is 25.7 Å². The fourth-order valence-electron chi connectivity index (χ4n) is 5.38. The minimum atomic E-state index is -4.77. The van der Waals surface area contributed by atoms with Crippen molar-refractivity contribution in [2.24, 2.45) is 0 Å². The van der Waals surface area contributed by atoms with E-state index in [1.165, 1.54) is 42.8 Å². The highest BCUT2D eigenvalue weighted by Gasteiger charge is 2.42. The van der Waals surface area contributed by atoms with E-state index in [0.717, 1.165) is 56.4 Å². The smallest absolute Gasteiger partial charge is 0.478 e. The molecule has 0 aliphatic heterocycles. The summed E-state index contributed by atoms with van der Waals surface area (Å²) in [5, 5.41) is 9.75. The molecule has 14 heteroatoms. The van der Waals surface area contributed by atoms with Crippen molar-refractivity contribution in [2.75, 3.05) is 13.2 Å². The zero-order valence-corrected chi connectivity index (χ0v) is 30.4. The van der Waals surface area contributed by atoms with Gasteiger partial charge >= 0.3 is 30.2 Å². The van der Waals surface area contributed by atoms with E-state index in [2.05, 4.69) is 6.92 Å². The third-order valence-electron chi connectivity index (χ3n) is 8.24. The second kappa shape index (κ2) is 22.3. The van der Waals surface area contributed by atoms with Crippen molar-refractivity contribution in [3.63, 3.8) is 0 Å². The van der Waals surface area contributed by atoms with E-state index in [0.29, 0.717) is 32.5 Å². The van der Waals surface area contributed by atoms with E-state index in [4.69, 9.17) is 23.7 Å². The fraction of sp³-hybridized carbons (Fsp3) is 0.450. The predicted octanol–water partition coefficient (Wildman–Crippen LogP) is 10.5. The van der Waals surface area contributed by atoms with Crippen molar-refractivity contribution in [1.29, 1.82) is 0 Å². The van der Waals surface area contributed by atoms with Crippen molar-refractivity contribution >= 4 is 24.1 Å². The topological polar surface area (TPSA) is 135 Å². The number of rotatable bonds is 22. The molecule has 3 aromatic rings. The van der Waals surface area contributed by atoms with E-state index in [1.54, 1.807) is 0 Å². The molecule has 0 heterocycles. The highest BCUT2D eigenvalue weighted by molar-refractivity contribution is 5.97. The van der Waals surface area contributed by atoms with Gasteiger partial charge < -0.3 is 28.8 Å². The van der Waals surface area contributed by atoms with Gasteiger partial charge in [-0.2, -0.15) is 13.2 Å². The molecular formula is C40H46F4O10. The summed E-state index contributed by atoms with van der Waals surface area (Å²) in [6.07, 6.45) is -0.304. The van der Waals surface area contributed by atoms with Crippen LogP contribution in [0.4, 0.5) is 22.4 Å². The first-order valence-electron chi connectivity index (χ1n) is 18.1. The first-order chi connectivity index (χ1) is 25.8. The lowest BCUT2D eigenvalue weighted by molar-refractivity contribution is -0.206. The molecule has 0 unspecified atom stereocenters. The molecule has 0 aromatic heterocycles. The van der Waals surface area contributed by atoms with Crippen LogP contribution in [-0.4, -0.2) is 54.7 Å². The molecule has 3 rings (SSSR count). The van der Waals surface area contributed by atoms with Gasteiger partial charge in [-0.3, -0.25) is 4.79 Å². The summed E-state index contributed by atoms with van der Waals surface area (Å²) in [4.78, 5) is 49.3. The number of hydrogen-bond acceptors (Lipinski definition) is 9. The molecule has 0 aliphatic carbocycles. The molecule has 3 aromatic carbocycles. The van der Waals surface area contributed by atoms with Crippen LogP contribution in [0.3, 0.4) is 0 Å². The number of esters is 2. The van der Waals surface area contributed by atoms with E-state index < -0.39 is 54.3 Å². The Balaban J connectivity index is 1.61. The average Bonchev–Trinajstić information content (AvgIpc) is 3.12. The SMILES string of the molecule is CCCCCCCCCC(=O)Oc1ccc(OC(=O)Oc2ccc(C(=O)O)c(-c3ccc(C(=O)O[C@H](CCCCCOCC)C(F)(F)F)cc3)c2)c(F)c1. The maximum absolute atomic E-state index is 14.7. The van der Waals surface area contributed by atoms with Gasteiger partial charge in [0.2, 0.25) is 0 Å². The van der Waals surface area contributed by atoms with E-state index >= 15 is 0 Å². The first-order valence-corrected chi connectivity index (χ1v) is 18.1. The van der Waals surface area contributed by atoms with Crippen LogP contribution in [0.1, 0.15) is 112 Å². The van der Waals surface area contributed by atoms with Gasteiger partial charge in [-0.25, -0.2) is 18.8 Å². The predicted molar refractivity (Wildman–Crippen MR) is 190 cm³/mol. The molecule has 0 bridgehead atoms. The van der Waals surface area contributed by atoms with E-state index in [-0.39, 0.29) is 46.6 Å². The number of unbranched alkanes of at least 4 members (excludes halogenated alkanes) is 8. The summed E-state index contributed by atoms with van der Waals surface area (Å²) in [6, 6.07) is 11.7. The lowest BCUT2D eigenvalue weighted by Gasteiger charge is -2.21. The highest BCUT2D eigenvalue weighted by atomic mass is 19.4. The lowest BCUT2D eigenvalue weighted by atomic mass is 9.98. The van der Waals surface area contributed by atoms with Gasteiger partial charge in [-0.05, 0) is 86.2 Å². The molecule has 0 radical (unpaired) electrons. The minimum Gasteiger partial charge on any atom is -0.478 e. The molecular weight excluding hydrogens is 716 g/mol. The Hall–Kier alpha value is -4.98. The second-order valence-electron chi connectivity index (χ2n) is 12.5. The number of alkyl halides is 3. The third-order valence-corrected chi connectivity index (χ3v) is 8.24. The van der Waals surface area contributed by atoms with Crippen LogP contribution in [0, 0.1) is 5.82 Å². The molecule has 0 saturated heterocycles. The Labute approximate surface area is 311 Å². The Kier molecular flexibility index (Phi) is 17.9. The largest absolute Gasteiger partial charge is 0.519 e. The molecule has 294 valence electrons. The van der Waals surface area contributed by atoms with Gasteiger partial charge in [0.15, 0.2) is 17.7 Å². The minimum absolute atomic E-state index is 0.0294. The van der Waals surface area contributed by atoms with Crippen molar-refractivity contribution in [2.45, 2.75) is 103 Å². The standard InChI is InChI=1S/C40H46F4O10/c1-3-5-6-7-8-9-12-15-36(45)51-30-21-23-34(33(41)26-30)53-39(49)52-29-20-22-31(37(46)47)32(25-29)27-16-18-28(19-17-27)38(48)54-35(40(42,43)44)14-11-10-13-24-50-4-2/h16-23,25-26,35H,3-15,24H2,1-2H3,(H,46,47)/t35-/m1/s1. The zero-order chi connectivity index (χ0) is 39.5. The second-order valence-corrected chi connectivity index (χ2v) is 12.5. The van der Waals surface area contributed by atoms with Crippen LogP contribution in [0.5, 0.6) is 17.2 Å². The van der Waals surface area contributed by atoms with Crippen LogP contribution in [0.25, 0.3) is 11.1 Å². The fourth-order valence-corrected chi connectivity index (χ4v) is 5.38. The maximum atomic E-state index is 14.7. The number of halogens is 4. The van der Waals surface area contributed by atoms with Crippen molar-refractivity contribution in [1.82, 2.24) is 0 Å². The Morgan fingerprint density at radius 3 is 2.04 bits per heavy atom. The summed E-state index contributed by atoms with van der Waals surface area (Å²) in [7, 11) is 0. The Morgan fingerprint density at radius 1 is 0.741 bits per heavy atom. The van der Waals surface area contributed by atoms with Crippen LogP contribution in [-0.2, 0) is 14.3 Å². The average molecular weight is 763 g/mol. The van der Waals surface area contributed by atoms with Gasteiger partial charge in [-0.15, -0.1) is 0 Å². The monoisotopic (exact) mass is 762 g/mol. The van der Waals surface area contributed by atoms with Crippen LogP contribution < -0.4 is 14.2 Å². The number of aromatic carboxylic acids is 1. The number of carbonyl (C=O) groups excluding carboxylic acids is 3. The highest BCUT2D eigenvalue weighted by Crippen LogP contribution is 2.31.